The van der Waals surface area contributed by atoms with Gasteiger partial charge in [-0.2, -0.15) is 0 Å². The third-order valence-corrected chi connectivity index (χ3v) is 3.82. The summed E-state index contributed by atoms with van der Waals surface area (Å²) in [4.78, 5) is 6.10. The number of fused-ring (bicyclic) bond motifs is 1. The van der Waals surface area contributed by atoms with Crippen molar-refractivity contribution in [3.05, 3.63) is 36.0 Å². The van der Waals surface area contributed by atoms with E-state index in [1.807, 2.05) is 18.3 Å². The van der Waals surface area contributed by atoms with Crippen LogP contribution in [0.25, 0.3) is 10.9 Å². The summed E-state index contributed by atoms with van der Waals surface area (Å²) in [5, 5.41) is 1.19. The second-order valence-corrected chi connectivity index (χ2v) is 5.21. The van der Waals surface area contributed by atoms with E-state index in [1.165, 1.54) is 5.39 Å². The zero-order chi connectivity index (χ0) is 13.2. The van der Waals surface area contributed by atoms with Crippen LogP contribution < -0.4 is 5.73 Å². The van der Waals surface area contributed by atoms with Gasteiger partial charge in [-0.3, -0.25) is 4.90 Å². The lowest BCUT2D eigenvalue weighted by Crippen LogP contribution is -2.43. The van der Waals surface area contributed by atoms with Crippen LogP contribution in [-0.4, -0.2) is 41.2 Å². The van der Waals surface area contributed by atoms with Crippen LogP contribution in [-0.2, 0) is 4.74 Å². The number of morpholine rings is 1. The van der Waals surface area contributed by atoms with Crippen LogP contribution in [0.5, 0.6) is 0 Å². The highest BCUT2D eigenvalue weighted by atomic mass is 32.1. The Bertz CT molecular complexity index is 589. The first-order valence-corrected chi connectivity index (χ1v) is 6.85. The molecule has 3 N–H and O–H groups in total. The van der Waals surface area contributed by atoms with Crippen molar-refractivity contribution in [2.45, 2.75) is 6.04 Å². The lowest BCUT2D eigenvalue weighted by Gasteiger charge is -2.33. The third-order valence-electron chi connectivity index (χ3n) is 3.60. The largest absolute Gasteiger partial charge is 0.392 e. The quantitative estimate of drug-likeness (QED) is 0.839. The van der Waals surface area contributed by atoms with Gasteiger partial charge in [-0.05, 0) is 6.07 Å². The van der Waals surface area contributed by atoms with Crippen molar-refractivity contribution in [1.29, 1.82) is 0 Å². The molecule has 0 aliphatic carbocycles. The average Bonchev–Trinajstić information content (AvgIpc) is 2.84. The van der Waals surface area contributed by atoms with Crippen LogP contribution in [0.2, 0.25) is 0 Å². The molecule has 0 radical (unpaired) electrons. The predicted octanol–water partition coefficient (Wildman–Crippen LogP) is 1.83. The summed E-state index contributed by atoms with van der Waals surface area (Å²) in [6, 6.07) is 8.21. The van der Waals surface area contributed by atoms with Gasteiger partial charge < -0.3 is 15.5 Å². The molecule has 3 rings (SSSR count). The molecule has 1 aromatic carbocycles. The fourth-order valence-corrected chi connectivity index (χ4v) is 2.96. The van der Waals surface area contributed by atoms with Gasteiger partial charge in [0, 0.05) is 35.8 Å². The zero-order valence-corrected chi connectivity index (χ0v) is 11.5. The van der Waals surface area contributed by atoms with Crippen molar-refractivity contribution in [2.75, 3.05) is 26.3 Å². The number of hydrogen-bond acceptors (Lipinski definition) is 3. The number of ether oxygens (including phenoxy) is 1. The summed E-state index contributed by atoms with van der Waals surface area (Å²) in [5.41, 5.74) is 8.26. The fourth-order valence-electron chi connectivity index (χ4n) is 2.69. The zero-order valence-electron chi connectivity index (χ0n) is 10.6. The Morgan fingerprint density at radius 1 is 1.32 bits per heavy atom. The van der Waals surface area contributed by atoms with Crippen LogP contribution in [0.4, 0.5) is 0 Å². The smallest absolute Gasteiger partial charge is 0.0949 e. The van der Waals surface area contributed by atoms with E-state index in [0.717, 1.165) is 37.4 Å². The van der Waals surface area contributed by atoms with Crippen LogP contribution in [0, 0.1) is 0 Å². The summed E-state index contributed by atoms with van der Waals surface area (Å²) in [5.74, 6) is 0. The normalized spacial score (nSPS) is 18.5. The van der Waals surface area contributed by atoms with Crippen LogP contribution in [0.1, 0.15) is 11.6 Å². The summed E-state index contributed by atoms with van der Waals surface area (Å²) >= 11 is 5.29. The van der Waals surface area contributed by atoms with E-state index >= 15 is 0 Å². The molecule has 1 aliphatic rings. The molecule has 1 unspecified atom stereocenters. The van der Waals surface area contributed by atoms with Gasteiger partial charge in [-0.25, -0.2) is 0 Å². The number of hydrogen-bond donors (Lipinski definition) is 2. The van der Waals surface area contributed by atoms with E-state index in [0.29, 0.717) is 4.99 Å². The molecule has 19 heavy (non-hydrogen) atoms. The van der Waals surface area contributed by atoms with E-state index in [4.69, 9.17) is 22.7 Å². The van der Waals surface area contributed by atoms with E-state index in [9.17, 15) is 0 Å². The first-order chi connectivity index (χ1) is 9.27. The number of aromatic nitrogens is 1. The Balaban J connectivity index is 2.01. The van der Waals surface area contributed by atoms with Crippen molar-refractivity contribution in [1.82, 2.24) is 9.88 Å². The molecule has 4 nitrogen and oxygen atoms in total. The number of H-pyrrole nitrogens is 1. The van der Waals surface area contributed by atoms with Gasteiger partial charge in [0.05, 0.1) is 24.2 Å². The number of nitrogens with zero attached hydrogens (tertiary/aromatic N) is 1. The van der Waals surface area contributed by atoms with Crippen molar-refractivity contribution in [3.63, 3.8) is 0 Å². The van der Waals surface area contributed by atoms with Crippen molar-refractivity contribution < 1.29 is 4.74 Å². The van der Waals surface area contributed by atoms with Gasteiger partial charge in [0.25, 0.3) is 0 Å². The molecule has 5 heteroatoms. The van der Waals surface area contributed by atoms with Gasteiger partial charge in [0.1, 0.15) is 0 Å². The summed E-state index contributed by atoms with van der Waals surface area (Å²) in [6.07, 6.45) is 2.02. The van der Waals surface area contributed by atoms with E-state index in [2.05, 4.69) is 22.0 Å². The molecule has 0 bridgehead atoms. The Kier molecular flexibility index (Phi) is 3.50. The molecule has 0 saturated carbocycles. The number of rotatable bonds is 3. The standard InChI is InChI=1S/C14H17N3OS/c15-14(19)13(17-5-7-18-8-6-17)11-9-16-12-4-2-1-3-10(11)12/h1-4,9,13,16H,5-8H2,(H2,15,19). The molecule has 1 aliphatic heterocycles. The Hall–Kier alpha value is -1.43. The van der Waals surface area contributed by atoms with Gasteiger partial charge in [0.15, 0.2) is 0 Å². The molecule has 2 heterocycles. The van der Waals surface area contributed by atoms with E-state index in [-0.39, 0.29) is 6.04 Å². The number of thiocarbonyl (C=S) groups is 1. The molecule has 0 spiro atoms. The fraction of sp³-hybridized carbons (Fsp3) is 0.357. The highest BCUT2D eigenvalue weighted by molar-refractivity contribution is 7.80. The number of para-hydroxylation sites is 1. The first kappa shape index (κ1) is 12.6. The molecular formula is C14H17N3OS. The maximum Gasteiger partial charge on any atom is 0.0949 e. The lowest BCUT2D eigenvalue weighted by molar-refractivity contribution is 0.0291. The van der Waals surface area contributed by atoms with Gasteiger partial charge in [-0.15, -0.1) is 0 Å². The summed E-state index contributed by atoms with van der Waals surface area (Å²) < 4.78 is 5.40. The van der Waals surface area contributed by atoms with Gasteiger partial charge in [-0.1, -0.05) is 30.4 Å². The number of benzene rings is 1. The molecular weight excluding hydrogens is 258 g/mol. The molecule has 1 atom stereocenters. The highest BCUT2D eigenvalue weighted by Gasteiger charge is 2.26. The second-order valence-electron chi connectivity index (χ2n) is 4.74. The predicted molar refractivity (Wildman–Crippen MR) is 80.2 cm³/mol. The van der Waals surface area contributed by atoms with Gasteiger partial charge in [0.2, 0.25) is 0 Å². The maximum atomic E-state index is 5.98. The Labute approximate surface area is 117 Å². The van der Waals surface area contributed by atoms with Gasteiger partial charge >= 0.3 is 0 Å². The molecule has 1 aromatic heterocycles. The minimum atomic E-state index is -0.0185. The minimum absolute atomic E-state index is 0.0185. The molecule has 1 saturated heterocycles. The maximum absolute atomic E-state index is 5.98. The first-order valence-electron chi connectivity index (χ1n) is 6.44. The van der Waals surface area contributed by atoms with Crippen molar-refractivity contribution in [2.24, 2.45) is 5.73 Å². The van der Waals surface area contributed by atoms with E-state index < -0.39 is 0 Å². The molecule has 0 amide bonds. The monoisotopic (exact) mass is 275 g/mol. The number of nitrogens with one attached hydrogen (secondary N) is 1. The summed E-state index contributed by atoms with van der Waals surface area (Å²) in [7, 11) is 0. The topological polar surface area (TPSA) is 54.3 Å². The summed E-state index contributed by atoms with van der Waals surface area (Å²) in [6.45, 7) is 3.20. The third kappa shape index (κ3) is 2.36. The Morgan fingerprint density at radius 2 is 2.05 bits per heavy atom. The van der Waals surface area contributed by atoms with Crippen LogP contribution >= 0.6 is 12.2 Å². The molecule has 1 fully saturated rings. The SMILES string of the molecule is NC(=S)C(c1c[nH]c2ccccc12)N1CCOCC1. The van der Waals surface area contributed by atoms with Crippen molar-refractivity contribution in [3.8, 4) is 0 Å². The average molecular weight is 275 g/mol. The number of aromatic amines is 1. The second kappa shape index (κ2) is 5.28. The van der Waals surface area contributed by atoms with Crippen LogP contribution in [0.3, 0.4) is 0 Å². The van der Waals surface area contributed by atoms with E-state index in [1.54, 1.807) is 0 Å². The van der Waals surface area contributed by atoms with Crippen LogP contribution in [0.15, 0.2) is 30.5 Å². The van der Waals surface area contributed by atoms with Crippen molar-refractivity contribution >= 4 is 28.1 Å². The molecule has 2 aromatic rings. The number of nitrogens with two attached hydrogens (primary N) is 1. The minimum Gasteiger partial charge on any atom is -0.392 e. The molecule has 100 valence electrons. The highest BCUT2D eigenvalue weighted by Crippen LogP contribution is 2.29. The Morgan fingerprint density at radius 3 is 2.79 bits per heavy atom. The lowest BCUT2D eigenvalue weighted by atomic mass is 10.0.